The highest BCUT2D eigenvalue weighted by Gasteiger charge is 2.12. The molecule has 0 aromatic heterocycles. The highest BCUT2D eigenvalue weighted by Crippen LogP contribution is 2.38. The molecule has 0 spiro atoms. The van der Waals surface area contributed by atoms with Gasteiger partial charge < -0.3 is 5.32 Å². The molecule has 0 saturated carbocycles. The molecule has 0 radical (unpaired) electrons. The maximum atomic E-state index is 3.56. The molecule has 0 heterocycles. The van der Waals surface area contributed by atoms with Gasteiger partial charge in [0.15, 0.2) is 0 Å². The van der Waals surface area contributed by atoms with Gasteiger partial charge in [-0.25, -0.2) is 0 Å². The maximum absolute atomic E-state index is 3.56. The zero-order valence-corrected chi connectivity index (χ0v) is 22.7. The second-order valence-electron chi connectivity index (χ2n) is 10.3. The van der Waals surface area contributed by atoms with Gasteiger partial charge >= 0.3 is 0 Å². The molecule has 0 bridgehead atoms. The van der Waals surface area contributed by atoms with Gasteiger partial charge in [-0.05, 0) is 85.6 Å². The molecule has 0 aliphatic rings. The summed E-state index contributed by atoms with van der Waals surface area (Å²) in [5, 5.41) is 6.08. The van der Waals surface area contributed by atoms with E-state index in [0.717, 1.165) is 11.4 Å². The molecule has 194 valence electrons. The van der Waals surface area contributed by atoms with Gasteiger partial charge in [-0.3, -0.25) is 0 Å². The molecule has 0 fully saturated rings. The van der Waals surface area contributed by atoms with E-state index in [1.807, 2.05) is 6.07 Å². The number of rotatable bonds is 6. The summed E-state index contributed by atoms with van der Waals surface area (Å²) in [7, 11) is 0. The van der Waals surface area contributed by atoms with Crippen LogP contribution in [0.5, 0.6) is 0 Å². The van der Waals surface area contributed by atoms with Crippen LogP contribution in [0, 0.1) is 0 Å². The highest BCUT2D eigenvalue weighted by molar-refractivity contribution is 5.98. The minimum atomic E-state index is 1.06. The number of benzene rings is 7. The van der Waals surface area contributed by atoms with Gasteiger partial charge in [-0.2, -0.15) is 0 Å². The van der Waals surface area contributed by atoms with Crippen molar-refractivity contribution in [2.24, 2.45) is 0 Å². The van der Waals surface area contributed by atoms with E-state index in [2.05, 4.69) is 169 Å². The summed E-state index contributed by atoms with van der Waals surface area (Å²) in [6.45, 7) is 0. The molecule has 0 aliphatic carbocycles. The molecular weight excluding hydrogens is 494 g/mol. The second-order valence-corrected chi connectivity index (χ2v) is 10.3. The molecule has 0 atom stereocenters. The number of hydrogen-bond acceptors (Lipinski definition) is 1. The summed E-state index contributed by atoms with van der Waals surface area (Å²) in [6.07, 6.45) is 0. The minimum absolute atomic E-state index is 1.06. The summed E-state index contributed by atoms with van der Waals surface area (Å²) in [6, 6.07) is 60.5. The van der Waals surface area contributed by atoms with Gasteiger partial charge in [0.05, 0.1) is 0 Å². The summed E-state index contributed by atoms with van der Waals surface area (Å²) in [4.78, 5) is 0. The van der Waals surface area contributed by atoms with Crippen molar-refractivity contribution in [3.8, 4) is 44.5 Å². The molecule has 0 amide bonds. The lowest BCUT2D eigenvalue weighted by Gasteiger charge is -2.15. The Morgan fingerprint density at radius 3 is 1.51 bits per heavy atom. The Kier molecular flexibility index (Phi) is 6.61. The van der Waals surface area contributed by atoms with E-state index in [1.165, 1.54) is 55.3 Å². The van der Waals surface area contributed by atoms with E-state index in [1.54, 1.807) is 0 Å². The lowest BCUT2D eigenvalue weighted by Crippen LogP contribution is -1.91. The molecule has 7 aromatic carbocycles. The fourth-order valence-corrected chi connectivity index (χ4v) is 5.57. The van der Waals surface area contributed by atoms with Crippen LogP contribution in [0.3, 0.4) is 0 Å². The quantitative estimate of drug-likeness (QED) is 0.229. The fraction of sp³-hybridized carbons (Fsp3) is 0. The molecule has 0 saturated heterocycles. The van der Waals surface area contributed by atoms with Crippen molar-refractivity contribution < 1.29 is 0 Å². The normalized spacial score (nSPS) is 10.9. The molecule has 7 aromatic rings. The zero-order valence-electron chi connectivity index (χ0n) is 22.7. The van der Waals surface area contributed by atoms with Gasteiger partial charge in [0.25, 0.3) is 0 Å². The summed E-state index contributed by atoms with van der Waals surface area (Å²) >= 11 is 0. The topological polar surface area (TPSA) is 12.0 Å². The van der Waals surface area contributed by atoms with E-state index < -0.39 is 0 Å². The van der Waals surface area contributed by atoms with Crippen LogP contribution in [0.25, 0.3) is 55.3 Å². The lowest BCUT2D eigenvalue weighted by atomic mass is 9.90. The Hall–Kier alpha value is -5.40. The van der Waals surface area contributed by atoms with Crippen LogP contribution in [0.15, 0.2) is 170 Å². The number of hydrogen-bond donors (Lipinski definition) is 1. The van der Waals surface area contributed by atoms with Crippen molar-refractivity contribution in [2.45, 2.75) is 0 Å². The Morgan fingerprint density at radius 1 is 0.293 bits per heavy atom. The Balaban J connectivity index is 1.21. The first-order valence-corrected chi connectivity index (χ1v) is 14.0. The number of anilines is 2. The lowest BCUT2D eigenvalue weighted by molar-refractivity contribution is 1.53. The van der Waals surface area contributed by atoms with Crippen LogP contribution in [0.4, 0.5) is 11.4 Å². The van der Waals surface area contributed by atoms with Crippen molar-refractivity contribution in [2.75, 3.05) is 5.32 Å². The molecule has 1 N–H and O–H groups in total. The van der Waals surface area contributed by atoms with Crippen LogP contribution in [0.1, 0.15) is 0 Å². The van der Waals surface area contributed by atoms with Crippen LogP contribution in [0.2, 0.25) is 0 Å². The van der Waals surface area contributed by atoms with E-state index in [-0.39, 0.29) is 0 Å². The number of nitrogens with one attached hydrogen (secondary N) is 1. The average molecular weight is 524 g/mol. The summed E-state index contributed by atoms with van der Waals surface area (Å²) < 4.78 is 0. The van der Waals surface area contributed by atoms with Crippen molar-refractivity contribution in [1.82, 2.24) is 0 Å². The van der Waals surface area contributed by atoms with Gasteiger partial charge in [-0.15, -0.1) is 0 Å². The van der Waals surface area contributed by atoms with E-state index in [4.69, 9.17) is 0 Å². The first-order valence-electron chi connectivity index (χ1n) is 14.0. The van der Waals surface area contributed by atoms with Crippen molar-refractivity contribution in [3.63, 3.8) is 0 Å². The SMILES string of the molecule is c1ccc(-c2ccc(Nc3ccc(-c4ccc(-c5cccc6ccccc56)cc4-c4ccccc4)cc3)cc2)cc1. The van der Waals surface area contributed by atoms with Gasteiger partial charge in [0.2, 0.25) is 0 Å². The third-order valence-electron chi connectivity index (χ3n) is 7.68. The van der Waals surface area contributed by atoms with E-state index in [9.17, 15) is 0 Å². The molecular formula is C40H29N. The third-order valence-corrected chi connectivity index (χ3v) is 7.68. The van der Waals surface area contributed by atoms with Gasteiger partial charge in [-0.1, -0.05) is 140 Å². The predicted octanol–water partition coefficient (Wildman–Crippen LogP) is 11.3. The molecule has 0 aliphatic heterocycles. The highest BCUT2D eigenvalue weighted by atomic mass is 14.9. The monoisotopic (exact) mass is 523 g/mol. The Bertz CT molecular complexity index is 1920. The van der Waals surface area contributed by atoms with E-state index >= 15 is 0 Å². The van der Waals surface area contributed by atoms with Crippen LogP contribution in [-0.4, -0.2) is 0 Å². The third kappa shape index (κ3) is 5.14. The minimum Gasteiger partial charge on any atom is -0.356 e. The largest absolute Gasteiger partial charge is 0.356 e. The standard InChI is InChI=1S/C40H29N/c1-3-10-29(11-4-1)30-18-23-35(24-19-30)41-36-25-20-33(21-26-36)39-27-22-34(28-40(39)32-12-5-2-6-13-32)38-17-9-15-31-14-7-8-16-37(31)38/h1-28,41H. The second kappa shape index (κ2) is 11.0. The first-order chi connectivity index (χ1) is 20.3. The van der Waals surface area contributed by atoms with Crippen LogP contribution >= 0.6 is 0 Å². The van der Waals surface area contributed by atoms with E-state index in [0.29, 0.717) is 0 Å². The van der Waals surface area contributed by atoms with Gasteiger partial charge in [0.1, 0.15) is 0 Å². The molecule has 0 unspecified atom stereocenters. The average Bonchev–Trinajstić information content (AvgIpc) is 3.06. The Labute approximate surface area is 241 Å². The van der Waals surface area contributed by atoms with Gasteiger partial charge in [0, 0.05) is 11.4 Å². The first kappa shape index (κ1) is 24.6. The molecule has 1 heteroatoms. The molecule has 7 rings (SSSR count). The van der Waals surface area contributed by atoms with Crippen LogP contribution in [-0.2, 0) is 0 Å². The van der Waals surface area contributed by atoms with Crippen molar-refractivity contribution in [3.05, 3.63) is 170 Å². The van der Waals surface area contributed by atoms with Crippen molar-refractivity contribution >= 4 is 22.1 Å². The Morgan fingerprint density at radius 2 is 0.805 bits per heavy atom. The van der Waals surface area contributed by atoms with Crippen molar-refractivity contribution in [1.29, 1.82) is 0 Å². The molecule has 1 nitrogen and oxygen atoms in total. The molecule has 41 heavy (non-hydrogen) atoms. The summed E-state index contributed by atoms with van der Waals surface area (Å²) in [5.41, 5.74) is 11.9. The predicted molar refractivity (Wildman–Crippen MR) is 175 cm³/mol. The fourth-order valence-electron chi connectivity index (χ4n) is 5.57. The summed E-state index contributed by atoms with van der Waals surface area (Å²) in [5.74, 6) is 0. The van der Waals surface area contributed by atoms with Crippen LogP contribution < -0.4 is 5.32 Å². The smallest absolute Gasteiger partial charge is 0.0384 e. The number of fused-ring (bicyclic) bond motifs is 1. The maximum Gasteiger partial charge on any atom is 0.0384 e. The zero-order chi connectivity index (χ0) is 27.4.